The van der Waals surface area contributed by atoms with Crippen LogP contribution in [-0.2, 0) is 9.32 Å². The maximum atomic E-state index is 11.3. The molecule has 0 aliphatic rings. The van der Waals surface area contributed by atoms with Crippen molar-refractivity contribution in [1.82, 2.24) is 0 Å². The molecule has 0 aliphatic carbocycles. The third-order valence-electron chi connectivity index (χ3n) is 3.86. The van der Waals surface area contributed by atoms with Gasteiger partial charge in [-0.2, -0.15) is 0 Å². The summed E-state index contributed by atoms with van der Waals surface area (Å²) in [6.45, 7) is 8.12. The van der Waals surface area contributed by atoms with Crippen molar-refractivity contribution in [3.63, 3.8) is 0 Å². The molecule has 0 heterocycles. The van der Waals surface area contributed by atoms with E-state index in [-0.39, 0.29) is 5.97 Å². The number of carbonyl (C=O) groups excluding carboxylic acids is 1. The van der Waals surface area contributed by atoms with E-state index in [0.29, 0.717) is 0 Å². The summed E-state index contributed by atoms with van der Waals surface area (Å²) in [6.07, 6.45) is 6.60. The van der Waals surface area contributed by atoms with Crippen LogP contribution >= 0.6 is 6.83 Å². The molecular weight excluding hydrogens is 207 g/mol. The second-order valence-corrected chi connectivity index (χ2v) is 10.7. The molecule has 0 aliphatic heterocycles. The van der Waals surface area contributed by atoms with Crippen LogP contribution in [0, 0.1) is 0 Å². The summed E-state index contributed by atoms with van der Waals surface area (Å²) >= 11 is 0. The van der Waals surface area contributed by atoms with Gasteiger partial charge in [0.1, 0.15) is 0 Å². The predicted octanol–water partition coefficient (Wildman–Crippen LogP) is 3.88. The fourth-order valence-electron chi connectivity index (χ4n) is 2.31. The van der Waals surface area contributed by atoms with E-state index >= 15 is 0 Å². The van der Waals surface area contributed by atoms with Crippen LogP contribution in [0.4, 0.5) is 0 Å². The molecule has 0 aromatic rings. The maximum absolute atomic E-state index is 11.3. The summed E-state index contributed by atoms with van der Waals surface area (Å²) in [5.41, 5.74) is 0. The molecule has 3 heteroatoms. The fourth-order valence-corrected chi connectivity index (χ4v) is 6.92. The molecular formula is C12H27O2P. The molecule has 0 bridgehead atoms. The first-order chi connectivity index (χ1) is 6.97. The predicted molar refractivity (Wildman–Crippen MR) is 70.1 cm³/mol. The Hall–Kier alpha value is -0.100. The molecule has 2 nitrogen and oxygen atoms in total. The van der Waals surface area contributed by atoms with Gasteiger partial charge in [0.25, 0.3) is 0 Å². The van der Waals surface area contributed by atoms with Crippen molar-refractivity contribution in [2.24, 2.45) is 0 Å². The molecule has 0 amide bonds. The molecule has 0 spiro atoms. The molecule has 0 saturated heterocycles. The van der Waals surface area contributed by atoms with Gasteiger partial charge in [0, 0.05) is 0 Å². The normalized spacial score (nSPS) is 14.3. The Kier molecular flexibility index (Phi) is 5.80. The van der Waals surface area contributed by atoms with Gasteiger partial charge in [-0.15, -0.1) is 0 Å². The Morgan fingerprint density at radius 3 is 1.80 bits per heavy atom. The molecule has 0 aromatic carbocycles. The van der Waals surface area contributed by atoms with Gasteiger partial charge < -0.3 is 0 Å². The van der Waals surface area contributed by atoms with E-state index in [2.05, 4.69) is 27.7 Å². The molecule has 0 fully saturated rings. The molecule has 0 atom stereocenters. The molecule has 15 heavy (non-hydrogen) atoms. The zero-order chi connectivity index (χ0) is 12.0. The van der Waals surface area contributed by atoms with E-state index in [9.17, 15) is 4.79 Å². The van der Waals surface area contributed by atoms with Crippen molar-refractivity contribution in [2.75, 3.05) is 24.6 Å². The molecule has 0 aromatic heterocycles. The summed E-state index contributed by atoms with van der Waals surface area (Å²) in [7, 11) is 0. The number of rotatable bonds is 7. The quantitative estimate of drug-likeness (QED) is 0.625. The number of carbonyl (C=O) groups is 1. The average molecular weight is 234 g/mol. The molecule has 0 rings (SSSR count). The van der Waals surface area contributed by atoms with Gasteiger partial charge in [-0.25, -0.2) is 0 Å². The standard InChI is InChI=1S/C12H27O2P/c1-6-10-11-15(7-2,8-3,9-4)14-12(5)13/h6-11H2,1-5H3. The SMILES string of the molecule is CCCCP(CC)(CC)(CC)OC(C)=O. The zero-order valence-electron chi connectivity index (χ0n) is 11.0. The van der Waals surface area contributed by atoms with E-state index in [1.165, 1.54) is 12.8 Å². The van der Waals surface area contributed by atoms with Gasteiger partial charge in [0.2, 0.25) is 0 Å². The number of hydrogen-bond donors (Lipinski definition) is 0. The monoisotopic (exact) mass is 234 g/mol. The summed E-state index contributed by atoms with van der Waals surface area (Å²) in [4.78, 5) is 11.3. The van der Waals surface area contributed by atoms with Crippen LogP contribution < -0.4 is 0 Å². The Morgan fingerprint density at radius 2 is 1.53 bits per heavy atom. The topological polar surface area (TPSA) is 26.3 Å². The van der Waals surface area contributed by atoms with Crippen LogP contribution in [0.2, 0.25) is 0 Å². The van der Waals surface area contributed by atoms with Gasteiger partial charge in [0.05, 0.1) is 0 Å². The van der Waals surface area contributed by atoms with Crippen LogP contribution in [-0.4, -0.2) is 30.6 Å². The van der Waals surface area contributed by atoms with Crippen molar-refractivity contribution in [2.45, 2.75) is 47.5 Å². The molecule has 0 N–H and O–H groups in total. The third-order valence-corrected chi connectivity index (χ3v) is 10.9. The summed E-state index contributed by atoms with van der Waals surface area (Å²) in [5, 5.41) is 0. The Bertz CT molecular complexity index is 199. The van der Waals surface area contributed by atoms with Crippen molar-refractivity contribution in [1.29, 1.82) is 0 Å². The first-order valence-corrected chi connectivity index (χ1v) is 9.08. The van der Waals surface area contributed by atoms with E-state index in [0.717, 1.165) is 24.6 Å². The Balaban J connectivity index is 4.97. The van der Waals surface area contributed by atoms with Crippen molar-refractivity contribution >= 4 is 12.8 Å². The first-order valence-electron chi connectivity index (χ1n) is 6.18. The minimum atomic E-state index is -2.18. The minimum absolute atomic E-state index is 0.0886. The van der Waals surface area contributed by atoms with E-state index in [1.807, 2.05) is 0 Å². The first kappa shape index (κ1) is 14.9. The third kappa shape index (κ3) is 3.45. The van der Waals surface area contributed by atoms with Gasteiger partial charge in [0.15, 0.2) is 0 Å². The number of unbranched alkanes of at least 4 members (excludes halogenated alkanes) is 1. The second kappa shape index (κ2) is 5.84. The van der Waals surface area contributed by atoms with Gasteiger partial charge >= 0.3 is 94.2 Å². The second-order valence-electron chi connectivity index (χ2n) is 4.47. The van der Waals surface area contributed by atoms with E-state index in [4.69, 9.17) is 4.52 Å². The average Bonchev–Trinajstić information content (AvgIpc) is 2.25. The number of hydrogen-bond acceptors (Lipinski definition) is 2. The van der Waals surface area contributed by atoms with Gasteiger partial charge in [-0.3, -0.25) is 0 Å². The summed E-state index contributed by atoms with van der Waals surface area (Å²) in [5.74, 6) is -0.0886. The van der Waals surface area contributed by atoms with E-state index < -0.39 is 6.83 Å². The molecule has 0 saturated carbocycles. The Labute approximate surface area is 94.8 Å². The van der Waals surface area contributed by atoms with Crippen LogP contribution in [0.5, 0.6) is 0 Å². The van der Waals surface area contributed by atoms with Crippen LogP contribution in [0.1, 0.15) is 47.5 Å². The van der Waals surface area contributed by atoms with Gasteiger partial charge in [-0.05, 0) is 0 Å². The molecule has 92 valence electrons. The van der Waals surface area contributed by atoms with Gasteiger partial charge in [-0.1, -0.05) is 0 Å². The van der Waals surface area contributed by atoms with Crippen LogP contribution in [0.15, 0.2) is 0 Å². The van der Waals surface area contributed by atoms with E-state index in [1.54, 1.807) is 6.92 Å². The van der Waals surface area contributed by atoms with Crippen LogP contribution in [0.3, 0.4) is 0 Å². The Morgan fingerprint density at radius 1 is 1.07 bits per heavy atom. The fraction of sp³-hybridized carbons (Fsp3) is 0.917. The van der Waals surface area contributed by atoms with Crippen molar-refractivity contribution < 1.29 is 9.32 Å². The van der Waals surface area contributed by atoms with Crippen molar-refractivity contribution in [3.05, 3.63) is 0 Å². The summed E-state index contributed by atoms with van der Waals surface area (Å²) in [6, 6.07) is 0. The van der Waals surface area contributed by atoms with Crippen LogP contribution in [0.25, 0.3) is 0 Å². The molecule has 0 unspecified atom stereocenters. The summed E-state index contributed by atoms with van der Waals surface area (Å²) < 4.78 is 5.87. The van der Waals surface area contributed by atoms with Crippen molar-refractivity contribution in [3.8, 4) is 0 Å². The molecule has 0 radical (unpaired) electrons. The zero-order valence-corrected chi connectivity index (χ0v) is 11.9.